The molecule has 0 aliphatic rings. The highest BCUT2D eigenvalue weighted by Gasteiger charge is 2.05. The fourth-order valence-corrected chi connectivity index (χ4v) is 4.20. The first-order valence-electron chi connectivity index (χ1n) is 6.91. The van der Waals surface area contributed by atoms with Crippen molar-refractivity contribution in [2.24, 2.45) is 0 Å². The van der Waals surface area contributed by atoms with Gasteiger partial charge in [-0.15, -0.1) is 35.3 Å². The number of thiol groups is 1. The molecule has 0 unspecified atom stereocenters. The quantitative estimate of drug-likeness (QED) is 0.299. The van der Waals surface area contributed by atoms with Crippen LogP contribution in [-0.4, -0.2) is 9.97 Å². The van der Waals surface area contributed by atoms with Gasteiger partial charge in [0, 0.05) is 22.0 Å². The number of fused-ring (bicyclic) bond motifs is 1. The first-order chi connectivity index (χ1) is 11.1. The number of aryl methyl sites for hydroxylation is 1. The maximum Gasteiger partial charge on any atom is 0.159 e. The number of aromatic nitrogens is 2. The molecule has 0 radical (unpaired) electrons. The van der Waals surface area contributed by atoms with Crippen molar-refractivity contribution in [3.8, 4) is 10.6 Å². The third kappa shape index (κ3) is 3.90. The third-order valence-electron chi connectivity index (χ3n) is 3.23. The van der Waals surface area contributed by atoms with Crippen LogP contribution in [0.4, 0.5) is 0 Å². The van der Waals surface area contributed by atoms with Crippen molar-refractivity contribution < 1.29 is 0 Å². The number of thiazole rings is 2. The topological polar surface area (TPSA) is 28.7 Å². The van der Waals surface area contributed by atoms with E-state index in [4.69, 9.17) is 12.2 Å². The molecule has 0 aliphatic heterocycles. The van der Waals surface area contributed by atoms with Gasteiger partial charge in [-0.3, -0.25) is 0 Å². The second-order valence-electron chi connectivity index (χ2n) is 4.82. The van der Waals surface area contributed by atoms with E-state index in [1.54, 1.807) is 22.7 Å². The third-order valence-corrected chi connectivity index (χ3v) is 5.84. The first-order valence-corrected chi connectivity index (χ1v) is 9.46. The van der Waals surface area contributed by atoms with Crippen LogP contribution in [-0.2, 0) is 0 Å². The van der Waals surface area contributed by atoms with Gasteiger partial charge >= 0.3 is 0 Å². The average molecular weight is 375 g/mol. The van der Waals surface area contributed by atoms with Gasteiger partial charge in [-0.1, -0.05) is 30.3 Å². The maximum atomic E-state index is 4.98. The average Bonchev–Trinajstić information content (AvgIpc) is 3.18. The van der Waals surface area contributed by atoms with Crippen molar-refractivity contribution in [3.63, 3.8) is 0 Å². The Morgan fingerprint density at radius 2 is 1.96 bits per heavy atom. The van der Waals surface area contributed by atoms with Crippen molar-refractivity contribution in [2.45, 2.75) is 11.8 Å². The Bertz CT molecular complexity index is 932. The van der Waals surface area contributed by atoms with Crippen LogP contribution in [0.2, 0.25) is 0 Å². The van der Waals surface area contributed by atoms with Crippen molar-refractivity contribution >= 4 is 57.7 Å². The van der Waals surface area contributed by atoms with Crippen LogP contribution in [0, 0.1) is 10.9 Å². The summed E-state index contributed by atoms with van der Waals surface area (Å²) in [7, 11) is 0. The van der Waals surface area contributed by atoms with Crippen LogP contribution < -0.4 is 0 Å². The highest BCUT2D eigenvalue weighted by atomic mass is 32.1. The molecule has 6 heteroatoms. The number of aromatic amines is 1. The van der Waals surface area contributed by atoms with Gasteiger partial charge in [-0.2, -0.15) is 0 Å². The molecular formula is C17H14N2S4. The van der Waals surface area contributed by atoms with E-state index in [-0.39, 0.29) is 0 Å². The Labute approximate surface area is 153 Å². The summed E-state index contributed by atoms with van der Waals surface area (Å²) in [6, 6.07) is 14.2. The fraction of sp³-hybridized carbons (Fsp3) is 0.0588. The number of hydrogen-bond donors (Lipinski definition) is 2. The summed E-state index contributed by atoms with van der Waals surface area (Å²) in [5.41, 5.74) is 3.45. The smallest absolute Gasteiger partial charge is 0.159 e. The second kappa shape index (κ2) is 7.40. The summed E-state index contributed by atoms with van der Waals surface area (Å²) in [6.45, 7) is 2.06. The predicted octanol–water partition coefficient (Wildman–Crippen LogP) is 6.37. The molecule has 23 heavy (non-hydrogen) atoms. The molecule has 0 saturated heterocycles. The van der Waals surface area contributed by atoms with Gasteiger partial charge in [-0.05, 0) is 36.8 Å². The van der Waals surface area contributed by atoms with Crippen molar-refractivity contribution in [3.05, 3.63) is 63.6 Å². The SMILES string of the molecule is Cc1cccc(-c2nccs2)c1S.S=c1[nH]c2ccccc2s1. The van der Waals surface area contributed by atoms with Gasteiger partial charge in [0.25, 0.3) is 0 Å². The van der Waals surface area contributed by atoms with E-state index in [9.17, 15) is 0 Å². The molecule has 0 amide bonds. The normalized spacial score (nSPS) is 10.3. The van der Waals surface area contributed by atoms with Crippen LogP contribution in [0.1, 0.15) is 5.56 Å². The van der Waals surface area contributed by atoms with E-state index >= 15 is 0 Å². The summed E-state index contributed by atoms with van der Waals surface area (Å²) < 4.78 is 2.08. The molecule has 0 atom stereocenters. The second-order valence-corrected chi connectivity index (χ2v) is 7.88. The highest BCUT2D eigenvalue weighted by Crippen LogP contribution is 2.29. The molecule has 2 aromatic carbocycles. The minimum absolute atomic E-state index is 0.848. The molecule has 4 rings (SSSR count). The monoisotopic (exact) mass is 374 g/mol. The number of rotatable bonds is 1. The minimum Gasteiger partial charge on any atom is -0.337 e. The lowest BCUT2D eigenvalue weighted by Gasteiger charge is -2.03. The van der Waals surface area contributed by atoms with Gasteiger partial charge < -0.3 is 4.98 Å². The maximum absolute atomic E-state index is 4.98. The van der Waals surface area contributed by atoms with Crippen molar-refractivity contribution in [1.82, 2.24) is 9.97 Å². The van der Waals surface area contributed by atoms with E-state index < -0.39 is 0 Å². The lowest BCUT2D eigenvalue weighted by molar-refractivity contribution is 1.29. The Hall–Kier alpha value is -1.47. The Kier molecular flexibility index (Phi) is 5.27. The van der Waals surface area contributed by atoms with Gasteiger partial charge in [0.1, 0.15) is 5.01 Å². The number of hydrogen-bond acceptors (Lipinski definition) is 5. The summed E-state index contributed by atoms with van der Waals surface area (Å²) in [4.78, 5) is 8.38. The molecule has 2 aromatic heterocycles. The molecule has 116 valence electrons. The Balaban J connectivity index is 0.000000140. The molecule has 0 spiro atoms. The van der Waals surface area contributed by atoms with E-state index in [2.05, 4.69) is 41.7 Å². The Morgan fingerprint density at radius 3 is 2.70 bits per heavy atom. The minimum atomic E-state index is 0.848. The number of nitrogens with zero attached hydrogens (tertiary/aromatic N) is 1. The van der Waals surface area contributed by atoms with E-state index in [1.165, 1.54) is 10.3 Å². The summed E-state index contributed by atoms with van der Waals surface area (Å²) >= 11 is 12.7. The van der Waals surface area contributed by atoms with Gasteiger partial charge in [0.05, 0.1) is 10.2 Å². The first kappa shape index (κ1) is 16.4. The van der Waals surface area contributed by atoms with E-state index in [1.807, 2.05) is 41.9 Å². The lowest BCUT2D eigenvalue weighted by atomic mass is 10.1. The van der Waals surface area contributed by atoms with Gasteiger partial charge in [-0.25, -0.2) is 4.98 Å². The van der Waals surface area contributed by atoms with Crippen LogP contribution in [0.5, 0.6) is 0 Å². The Morgan fingerprint density at radius 1 is 1.13 bits per heavy atom. The van der Waals surface area contributed by atoms with Crippen LogP contribution in [0.3, 0.4) is 0 Å². The van der Waals surface area contributed by atoms with Crippen LogP contribution >= 0.6 is 47.5 Å². The standard InChI is InChI=1S/C10H9NS2.C7H5NS2/c1-7-3-2-4-8(9(7)12)10-11-5-6-13-10;9-7-8-5-3-1-2-4-6(5)10-7/h2-6,12H,1H3;1-4H,(H,8,9). The van der Waals surface area contributed by atoms with E-state index in [0.29, 0.717) is 0 Å². The van der Waals surface area contributed by atoms with Gasteiger partial charge in [0.15, 0.2) is 3.95 Å². The molecule has 2 heterocycles. The summed E-state index contributed by atoms with van der Waals surface area (Å²) in [5, 5.41) is 3.01. The lowest BCUT2D eigenvalue weighted by Crippen LogP contribution is -1.81. The molecule has 0 fully saturated rings. The molecule has 4 aromatic rings. The van der Waals surface area contributed by atoms with Crippen molar-refractivity contribution in [1.29, 1.82) is 0 Å². The molecule has 0 saturated carbocycles. The number of para-hydroxylation sites is 1. The highest BCUT2D eigenvalue weighted by molar-refractivity contribution is 7.80. The zero-order valence-corrected chi connectivity index (χ0v) is 15.7. The number of nitrogens with one attached hydrogen (secondary N) is 1. The molecule has 0 aliphatic carbocycles. The number of H-pyrrole nitrogens is 1. The molecular weight excluding hydrogens is 360 g/mol. The van der Waals surface area contributed by atoms with E-state index in [0.717, 1.165) is 24.9 Å². The predicted molar refractivity (Wildman–Crippen MR) is 107 cm³/mol. The molecule has 1 N–H and O–H groups in total. The number of benzene rings is 2. The zero-order chi connectivity index (χ0) is 16.2. The molecule has 0 bridgehead atoms. The van der Waals surface area contributed by atoms with Gasteiger partial charge in [0.2, 0.25) is 0 Å². The largest absolute Gasteiger partial charge is 0.337 e. The van der Waals surface area contributed by atoms with Crippen LogP contribution in [0.15, 0.2) is 58.9 Å². The molecule has 2 nitrogen and oxygen atoms in total. The summed E-state index contributed by atoms with van der Waals surface area (Å²) in [6.07, 6.45) is 1.82. The van der Waals surface area contributed by atoms with Crippen LogP contribution in [0.25, 0.3) is 20.8 Å². The zero-order valence-electron chi connectivity index (χ0n) is 12.3. The van der Waals surface area contributed by atoms with Crippen molar-refractivity contribution in [2.75, 3.05) is 0 Å². The fourth-order valence-electron chi connectivity index (χ4n) is 2.08. The summed E-state index contributed by atoms with van der Waals surface area (Å²) in [5.74, 6) is 0.